The summed E-state index contributed by atoms with van der Waals surface area (Å²) >= 11 is 1.84. The molecule has 0 saturated carbocycles. The summed E-state index contributed by atoms with van der Waals surface area (Å²) in [5.41, 5.74) is 0.271. The van der Waals surface area contributed by atoms with Crippen LogP contribution in [-0.4, -0.2) is 16.1 Å². The molecule has 2 heteroatoms. The van der Waals surface area contributed by atoms with Gasteiger partial charge >= 0.3 is 0 Å². The zero-order valence-corrected chi connectivity index (χ0v) is 11.4. The molecule has 0 aliphatic heterocycles. The van der Waals surface area contributed by atoms with Crippen LogP contribution < -0.4 is 0 Å². The first-order valence-electron chi connectivity index (χ1n) is 5.83. The maximum absolute atomic E-state index is 10.4. The predicted octanol–water partition coefficient (Wildman–Crippen LogP) is 3.67. The third kappa shape index (κ3) is 3.84. The van der Waals surface area contributed by atoms with Crippen LogP contribution in [0.5, 0.6) is 0 Å². The summed E-state index contributed by atoms with van der Waals surface area (Å²) in [4.78, 5) is 0. The van der Waals surface area contributed by atoms with Crippen LogP contribution in [0.3, 0.4) is 0 Å². The fraction of sp³-hybridized carbons (Fsp3) is 0.571. The SMILES string of the molecule is CC(C)C(C)SCC(C)(O)c1ccccc1. The highest BCUT2D eigenvalue weighted by Gasteiger charge is 2.24. The van der Waals surface area contributed by atoms with E-state index in [2.05, 4.69) is 20.8 Å². The molecule has 0 bridgehead atoms. The quantitative estimate of drug-likeness (QED) is 0.844. The minimum Gasteiger partial charge on any atom is -0.385 e. The van der Waals surface area contributed by atoms with E-state index in [4.69, 9.17) is 0 Å². The van der Waals surface area contributed by atoms with Crippen LogP contribution in [-0.2, 0) is 5.60 Å². The lowest BCUT2D eigenvalue weighted by Crippen LogP contribution is -2.26. The minimum absolute atomic E-state index is 0.579. The van der Waals surface area contributed by atoms with E-state index in [0.717, 1.165) is 11.3 Å². The summed E-state index contributed by atoms with van der Waals surface area (Å²) in [6.45, 7) is 8.54. The first-order valence-corrected chi connectivity index (χ1v) is 6.88. The van der Waals surface area contributed by atoms with Crippen molar-refractivity contribution in [3.63, 3.8) is 0 Å². The van der Waals surface area contributed by atoms with Gasteiger partial charge < -0.3 is 5.11 Å². The molecule has 0 aliphatic carbocycles. The van der Waals surface area contributed by atoms with Crippen molar-refractivity contribution < 1.29 is 5.11 Å². The zero-order valence-electron chi connectivity index (χ0n) is 10.6. The standard InChI is InChI=1S/C14H22OS/c1-11(2)12(3)16-10-14(4,15)13-8-6-5-7-9-13/h5-9,11-12,15H,10H2,1-4H3. The van der Waals surface area contributed by atoms with Crippen molar-refractivity contribution in [3.8, 4) is 0 Å². The second kappa shape index (κ2) is 5.74. The largest absolute Gasteiger partial charge is 0.385 e. The van der Waals surface area contributed by atoms with Gasteiger partial charge in [0.05, 0.1) is 5.60 Å². The molecule has 0 heterocycles. The highest BCUT2D eigenvalue weighted by Crippen LogP contribution is 2.29. The number of rotatable bonds is 5. The molecule has 0 aromatic heterocycles. The van der Waals surface area contributed by atoms with Gasteiger partial charge in [0.25, 0.3) is 0 Å². The van der Waals surface area contributed by atoms with Crippen LogP contribution in [0.1, 0.15) is 33.3 Å². The zero-order chi connectivity index (χ0) is 12.2. The Balaban J connectivity index is 2.59. The lowest BCUT2D eigenvalue weighted by atomic mass is 9.99. The van der Waals surface area contributed by atoms with Gasteiger partial charge in [0.2, 0.25) is 0 Å². The molecule has 0 amide bonds. The first-order chi connectivity index (χ1) is 7.43. The molecule has 90 valence electrons. The van der Waals surface area contributed by atoms with Gasteiger partial charge in [-0.05, 0) is 18.4 Å². The van der Waals surface area contributed by atoms with Crippen LogP contribution in [0, 0.1) is 5.92 Å². The normalized spacial score (nSPS) is 17.1. The fourth-order valence-corrected chi connectivity index (χ4v) is 2.51. The molecule has 16 heavy (non-hydrogen) atoms. The van der Waals surface area contributed by atoms with E-state index in [0.29, 0.717) is 11.2 Å². The van der Waals surface area contributed by atoms with Crippen LogP contribution in [0.2, 0.25) is 0 Å². The number of hydrogen-bond donors (Lipinski definition) is 1. The van der Waals surface area contributed by atoms with Crippen LogP contribution in [0.15, 0.2) is 30.3 Å². The van der Waals surface area contributed by atoms with Gasteiger partial charge in [0.15, 0.2) is 0 Å². The van der Waals surface area contributed by atoms with Gasteiger partial charge in [0.1, 0.15) is 0 Å². The van der Waals surface area contributed by atoms with Gasteiger partial charge in [-0.3, -0.25) is 0 Å². The van der Waals surface area contributed by atoms with Crippen molar-refractivity contribution in [2.24, 2.45) is 5.92 Å². The van der Waals surface area contributed by atoms with Crippen LogP contribution in [0.25, 0.3) is 0 Å². The van der Waals surface area contributed by atoms with Crippen molar-refractivity contribution in [2.75, 3.05) is 5.75 Å². The Bertz CT molecular complexity index is 306. The Hall–Kier alpha value is -0.470. The Kier molecular flexibility index (Phi) is 4.88. The molecule has 1 N–H and O–H groups in total. The van der Waals surface area contributed by atoms with Crippen molar-refractivity contribution in [1.82, 2.24) is 0 Å². The summed E-state index contributed by atoms with van der Waals surface area (Å²) in [6.07, 6.45) is 0. The molecule has 0 saturated heterocycles. The monoisotopic (exact) mass is 238 g/mol. The Morgan fingerprint density at radius 3 is 2.25 bits per heavy atom. The molecular formula is C14H22OS. The maximum Gasteiger partial charge on any atom is 0.0958 e. The predicted molar refractivity (Wildman–Crippen MR) is 72.8 cm³/mol. The summed E-state index contributed by atoms with van der Waals surface area (Å²) in [7, 11) is 0. The number of benzene rings is 1. The van der Waals surface area contributed by atoms with E-state index in [1.165, 1.54) is 0 Å². The second-order valence-corrected chi connectivity index (χ2v) is 6.27. The van der Waals surface area contributed by atoms with E-state index in [9.17, 15) is 5.11 Å². The van der Waals surface area contributed by atoms with E-state index in [1.54, 1.807) is 0 Å². The molecule has 1 rings (SSSR count). The van der Waals surface area contributed by atoms with E-state index >= 15 is 0 Å². The molecule has 2 atom stereocenters. The van der Waals surface area contributed by atoms with Gasteiger partial charge in [-0.1, -0.05) is 51.1 Å². The van der Waals surface area contributed by atoms with Gasteiger partial charge in [-0.2, -0.15) is 11.8 Å². The van der Waals surface area contributed by atoms with Crippen molar-refractivity contribution in [1.29, 1.82) is 0 Å². The molecule has 1 aromatic carbocycles. The lowest BCUT2D eigenvalue weighted by molar-refractivity contribution is 0.0838. The first kappa shape index (κ1) is 13.6. The number of hydrogen-bond acceptors (Lipinski definition) is 2. The van der Waals surface area contributed by atoms with E-state index in [1.807, 2.05) is 49.0 Å². The highest BCUT2D eigenvalue weighted by atomic mass is 32.2. The molecular weight excluding hydrogens is 216 g/mol. The summed E-state index contributed by atoms with van der Waals surface area (Å²) < 4.78 is 0. The lowest BCUT2D eigenvalue weighted by Gasteiger charge is -2.26. The fourth-order valence-electron chi connectivity index (χ4n) is 1.37. The maximum atomic E-state index is 10.4. The Labute approximate surface area is 103 Å². The second-order valence-electron chi connectivity index (χ2n) is 4.90. The molecule has 1 aromatic rings. The molecule has 2 unspecified atom stereocenters. The topological polar surface area (TPSA) is 20.2 Å². The molecule has 1 nitrogen and oxygen atoms in total. The van der Waals surface area contributed by atoms with Gasteiger partial charge in [-0.25, -0.2) is 0 Å². The summed E-state index contributed by atoms with van der Waals surface area (Å²) in [6, 6.07) is 9.89. The molecule has 0 radical (unpaired) electrons. The third-order valence-corrected chi connectivity index (χ3v) is 4.76. The molecule has 0 fully saturated rings. The van der Waals surface area contributed by atoms with Gasteiger partial charge in [0, 0.05) is 11.0 Å². The van der Waals surface area contributed by atoms with E-state index in [-0.39, 0.29) is 0 Å². The number of thioether (sulfide) groups is 1. The Morgan fingerprint density at radius 2 is 1.75 bits per heavy atom. The summed E-state index contributed by atoms with van der Waals surface area (Å²) in [5, 5.41) is 11.0. The van der Waals surface area contributed by atoms with Crippen LogP contribution in [0.4, 0.5) is 0 Å². The third-order valence-electron chi connectivity index (χ3n) is 2.96. The highest BCUT2D eigenvalue weighted by molar-refractivity contribution is 7.99. The Morgan fingerprint density at radius 1 is 1.19 bits per heavy atom. The molecule has 0 spiro atoms. The van der Waals surface area contributed by atoms with Crippen molar-refractivity contribution >= 4 is 11.8 Å². The summed E-state index contributed by atoms with van der Waals surface area (Å²) in [5.74, 6) is 1.40. The van der Waals surface area contributed by atoms with E-state index < -0.39 is 5.60 Å². The van der Waals surface area contributed by atoms with Crippen molar-refractivity contribution in [2.45, 2.75) is 38.5 Å². The average Bonchev–Trinajstić information content (AvgIpc) is 2.27. The molecule has 0 aliphatic rings. The number of aliphatic hydroxyl groups is 1. The minimum atomic E-state index is -0.727. The van der Waals surface area contributed by atoms with Crippen molar-refractivity contribution in [3.05, 3.63) is 35.9 Å². The smallest absolute Gasteiger partial charge is 0.0958 e. The van der Waals surface area contributed by atoms with Crippen LogP contribution >= 0.6 is 11.8 Å². The van der Waals surface area contributed by atoms with Gasteiger partial charge in [-0.15, -0.1) is 0 Å². The average molecular weight is 238 g/mol.